The van der Waals surface area contributed by atoms with Crippen LogP contribution in [0.15, 0.2) is 53.7 Å². The number of thioether (sulfide) groups is 1. The molecule has 0 unspecified atom stereocenters. The predicted octanol–water partition coefficient (Wildman–Crippen LogP) is 2.18. The van der Waals surface area contributed by atoms with Gasteiger partial charge in [0.1, 0.15) is 5.75 Å². The molecule has 0 bridgehead atoms. The minimum atomic E-state index is -1.17. The second-order valence-electron chi connectivity index (χ2n) is 5.57. The largest absolute Gasteiger partial charge is 0.549 e. The van der Waals surface area contributed by atoms with Crippen molar-refractivity contribution in [1.29, 1.82) is 0 Å². The number of carbonyl (C=O) groups is 1. The summed E-state index contributed by atoms with van der Waals surface area (Å²) in [6.07, 6.45) is 0. The normalized spacial score (nSPS) is 12.1. The smallest absolute Gasteiger partial charge is 0.196 e. The van der Waals surface area contributed by atoms with E-state index in [1.54, 1.807) is 28.8 Å². The van der Waals surface area contributed by atoms with E-state index in [1.807, 2.05) is 31.2 Å². The summed E-state index contributed by atoms with van der Waals surface area (Å²) in [6.45, 7) is 3.52. The van der Waals surface area contributed by atoms with Crippen molar-refractivity contribution in [3.63, 3.8) is 0 Å². The van der Waals surface area contributed by atoms with Crippen molar-refractivity contribution in [3.8, 4) is 22.8 Å². The maximum Gasteiger partial charge on any atom is 0.196 e. The minimum Gasteiger partial charge on any atom is -0.549 e. The second kappa shape index (κ2) is 6.98. The van der Waals surface area contributed by atoms with Crippen molar-refractivity contribution < 1.29 is 15.0 Å². The molecule has 1 N–H and O–H groups in total. The van der Waals surface area contributed by atoms with Crippen LogP contribution in [0.3, 0.4) is 0 Å². The lowest BCUT2D eigenvalue weighted by Gasteiger charge is -2.14. The van der Waals surface area contributed by atoms with E-state index < -0.39 is 11.2 Å². The Morgan fingerprint density at radius 2 is 1.84 bits per heavy atom. The van der Waals surface area contributed by atoms with E-state index in [9.17, 15) is 15.0 Å². The highest BCUT2D eigenvalue weighted by atomic mass is 32.2. The van der Waals surface area contributed by atoms with Crippen LogP contribution in [-0.4, -0.2) is 31.1 Å². The molecule has 1 atom stereocenters. The molecule has 6 nitrogen and oxygen atoms in total. The van der Waals surface area contributed by atoms with Crippen molar-refractivity contribution >= 4 is 17.7 Å². The van der Waals surface area contributed by atoms with Gasteiger partial charge in [0.05, 0.1) is 11.5 Å². The Kier molecular flexibility index (Phi) is 4.76. The Labute approximate surface area is 149 Å². The summed E-state index contributed by atoms with van der Waals surface area (Å²) < 4.78 is 1.73. The standard InChI is InChI=1S/C18H17N3O3S/c1-11-7-9-13(10-8-11)21-16(14-5-3-4-6-15(14)22)19-20-18(21)25-12(2)17(23)24/h3-10,12,22H,1-2H3,(H,23,24)/p-1/t12-/m1/s1. The zero-order valence-electron chi connectivity index (χ0n) is 13.7. The van der Waals surface area contributed by atoms with Gasteiger partial charge < -0.3 is 15.0 Å². The van der Waals surface area contributed by atoms with Crippen LogP contribution in [0.25, 0.3) is 17.1 Å². The molecule has 25 heavy (non-hydrogen) atoms. The Hall–Kier alpha value is -2.80. The SMILES string of the molecule is Cc1ccc(-n2c(S[C@H](C)C(=O)[O-])nnc2-c2ccccc2O)cc1. The molecule has 0 aliphatic heterocycles. The van der Waals surface area contributed by atoms with Gasteiger partial charge in [-0.1, -0.05) is 41.6 Å². The number of aliphatic carboxylic acids is 1. The van der Waals surface area contributed by atoms with Crippen LogP contribution < -0.4 is 5.11 Å². The molecule has 1 heterocycles. The van der Waals surface area contributed by atoms with Crippen molar-refractivity contribution in [3.05, 3.63) is 54.1 Å². The summed E-state index contributed by atoms with van der Waals surface area (Å²) in [5, 5.41) is 29.2. The topological polar surface area (TPSA) is 91.1 Å². The average molecular weight is 354 g/mol. The predicted molar refractivity (Wildman–Crippen MR) is 93.5 cm³/mol. The maximum absolute atomic E-state index is 11.1. The highest BCUT2D eigenvalue weighted by Gasteiger charge is 2.20. The zero-order valence-corrected chi connectivity index (χ0v) is 14.5. The molecule has 2 aromatic carbocycles. The van der Waals surface area contributed by atoms with E-state index in [1.165, 1.54) is 6.92 Å². The maximum atomic E-state index is 11.1. The van der Waals surface area contributed by atoms with Crippen molar-refractivity contribution in [1.82, 2.24) is 14.8 Å². The second-order valence-corrected chi connectivity index (χ2v) is 6.88. The lowest BCUT2D eigenvalue weighted by molar-refractivity contribution is -0.304. The van der Waals surface area contributed by atoms with Crippen LogP contribution in [0.4, 0.5) is 0 Å². The summed E-state index contributed by atoms with van der Waals surface area (Å²) in [5.74, 6) is -0.657. The molecule has 0 saturated heterocycles. The fourth-order valence-corrected chi connectivity index (χ4v) is 3.11. The number of carboxylic acid groups (broad SMARTS) is 1. The molecule has 7 heteroatoms. The first kappa shape index (κ1) is 17.0. The first-order valence-corrected chi connectivity index (χ1v) is 8.53. The first-order valence-electron chi connectivity index (χ1n) is 7.65. The zero-order chi connectivity index (χ0) is 18.0. The lowest BCUT2D eigenvalue weighted by Crippen LogP contribution is -2.31. The summed E-state index contributed by atoms with van der Waals surface area (Å²) >= 11 is 1.04. The minimum absolute atomic E-state index is 0.0766. The van der Waals surface area contributed by atoms with E-state index >= 15 is 0 Å². The van der Waals surface area contributed by atoms with Crippen LogP contribution >= 0.6 is 11.8 Å². The number of phenolic OH excluding ortho intramolecular Hbond substituents is 1. The number of benzene rings is 2. The quantitative estimate of drug-likeness (QED) is 0.706. The van der Waals surface area contributed by atoms with Crippen LogP contribution in [-0.2, 0) is 4.79 Å². The molecule has 0 spiro atoms. The average Bonchev–Trinajstić information content (AvgIpc) is 2.99. The third-order valence-corrected chi connectivity index (χ3v) is 4.71. The number of nitrogens with zero attached hydrogens (tertiary/aromatic N) is 3. The van der Waals surface area contributed by atoms with Crippen molar-refractivity contribution in [2.75, 3.05) is 0 Å². The fourth-order valence-electron chi connectivity index (χ4n) is 2.32. The van der Waals surface area contributed by atoms with E-state index in [0.717, 1.165) is 23.0 Å². The number of para-hydroxylation sites is 1. The number of aromatic nitrogens is 3. The molecular weight excluding hydrogens is 338 g/mol. The molecule has 0 aliphatic carbocycles. The van der Waals surface area contributed by atoms with Gasteiger partial charge in [-0.05, 0) is 38.1 Å². The number of carboxylic acids is 1. The van der Waals surface area contributed by atoms with Gasteiger partial charge in [0.15, 0.2) is 11.0 Å². The van der Waals surface area contributed by atoms with E-state index in [-0.39, 0.29) is 5.75 Å². The summed E-state index contributed by atoms with van der Waals surface area (Å²) in [5.41, 5.74) is 2.39. The van der Waals surface area contributed by atoms with Crippen LogP contribution in [0.1, 0.15) is 12.5 Å². The van der Waals surface area contributed by atoms with Crippen molar-refractivity contribution in [2.24, 2.45) is 0 Å². The molecule has 128 valence electrons. The molecule has 0 saturated carbocycles. The molecule has 0 fully saturated rings. The molecular formula is C18H16N3O3S-. The monoisotopic (exact) mass is 354 g/mol. The number of aryl methyl sites for hydroxylation is 1. The number of rotatable bonds is 5. The molecule has 0 radical (unpaired) electrons. The van der Waals surface area contributed by atoms with Crippen molar-refractivity contribution in [2.45, 2.75) is 24.3 Å². The summed E-state index contributed by atoms with van der Waals surface area (Å²) in [4.78, 5) is 11.1. The van der Waals surface area contributed by atoms with Gasteiger partial charge in [-0.25, -0.2) is 0 Å². The Morgan fingerprint density at radius 3 is 2.48 bits per heavy atom. The van der Waals surface area contributed by atoms with Gasteiger partial charge in [0.25, 0.3) is 0 Å². The Bertz CT molecular complexity index is 906. The summed E-state index contributed by atoms with van der Waals surface area (Å²) in [7, 11) is 0. The van der Waals surface area contributed by atoms with Gasteiger partial charge in [-0.2, -0.15) is 0 Å². The van der Waals surface area contributed by atoms with Crippen LogP contribution in [0.2, 0.25) is 0 Å². The Morgan fingerprint density at radius 1 is 1.16 bits per heavy atom. The number of carbonyl (C=O) groups excluding carboxylic acids is 1. The van der Waals surface area contributed by atoms with Gasteiger partial charge in [-0.15, -0.1) is 10.2 Å². The molecule has 0 amide bonds. The number of phenols is 1. The molecule has 3 rings (SSSR count). The third-order valence-electron chi connectivity index (χ3n) is 3.68. The Balaban J connectivity index is 2.16. The van der Waals surface area contributed by atoms with Gasteiger partial charge in [-0.3, -0.25) is 4.57 Å². The van der Waals surface area contributed by atoms with E-state index in [2.05, 4.69) is 10.2 Å². The van der Waals surface area contributed by atoms with Crippen LogP contribution in [0.5, 0.6) is 5.75 Å². The number of hydrogen-bond donors (Lipinski definition) is 1. The van der Waals surface area contributed by atoms with Gasteiger partial charge >= 0.3 is 0 Å². The highest BCUT2D eigenvalue weighted by molar-refractivity contribution is 8.00. The lowest BCUT2D eigenvalue weighted by atomic mass is 10.1. The van der Waals surface area contributed by atoms with Gasteiger partial charge in [0, 0.05) is 10.9 Å². The molecule has 0 aliphatic rings. The third kappa shape index (κ3) is 3.51. The number of aromatic hydroxyl groups is 1. The molecule has 3 aromatic rings. The van der Waals surface area contributed by atoms with Gasteiger partial charge in [0.2, 0.25) is 0 Å². The first-order chi connectivity index (χ1) is 12.0. The fraction of sp³-hybridized carbons (Fsp3) is 0.167. The van der Waals surface area contributed by atoms with E-state index in [4.69, 9.17) is 0 Å². The van der Waals surface area contributed by atoms with Crippen LogP contribution in [0, 0.1) is 6.92 Å². The number of hydrogen-bond acceptors (Lipinski definition) is 6. The highest BCUT2D eigenvalue weighted by Crippen LogP contribution is 2.33. The summed E-state index contributed by atoms with van der Waals surface area (Å²) in [6, 6.07) is 14.5. The molecule has 1 aromatic heterocycles. The van der Waals surface area contributed by atoms with E-state index in [0.29, 0.717) is 16.5 Å².